The monoisotopic (exact) mass is 609 g/mol. The lowest BCUT2D eigenvalue weighted by Gasteiger charge is -2.11. The minimum Gasteiger partial charge on any atom is -0.309 e. The van der Waals surface area contributed by atoms with Gasteiger partial charge in [-0.05, 0) is 105 Å². The lowest BCUT2D eigenvalue weighted by atomic mass is 10.00. The second-order valence-electron chi connectivity index (χ2n) is 12.5. The summed E-state index contributed by atoms with van der Waals surface area (Å²) < 4.78 is 4.74. The quantitative estimate of drug-likeness (QED) is 0.183. The molecule has 0 aliphatic heterocycles. The SMILES string of the molecule is N#Cc1ccc2c(ccc3cc(-n4c5ccccc5c5cc(-c6ccc7c(c6)c6ccccc6n7-c6ccccc6)ccc54)ccc32)c1. The molecule has 0 fully saturated rings. The van der Waals surface area contributed by atoms with Crippen molar-refractivity contribution in [3.05, 3.63) is 169 Å². The van der Waals surface area contributed by atoms with E-state index in [0.717, 1.165) is 16.5 Å². The molecule has 48 heavy (non-hydrogen) atoms. The fourth-order valence-electron chi connectivity index (χ4n) is 7.71. The predicted molar refractivity (Wildman–Crippen MR) is 200 cm³/mol. The highest BCUT2D eigenvalue weighted by Crippen LogP contribution is 2.39. The number of hydrogen-bond donors (Lipinski definition) is 0. The van der Waals surface area contributed by atoms with E-state index >= 15 is 0 Å². The molecule has 0 spiro atoms. The van der Waals surface area contributed by atoms with Crippen LogP contribution in [-0.2, 0) is 0 Å². The Bertz CT molecular complexity index is 2950. The number of hydrogen-bond acceptors (Lipinski definition) is 1. The Morgan fingerprint density at radius 1 is 0.354 bits per heavy atom. The van der Waals surface area contributed by atoms with E-state index in [2.05, 4.69) is 167 Å². The van der Waals surface area contributed by atoms with E-state index in [9.17, 15) is 5.26 Å². The molecule has 0 unspecified atom stereocenters. The van der Waals surface area contributed by atoms with Gasteiger partial charge in [0.05, 0.1) is 33.7 Å². The molecule has 0 saturated heterocycles. The Hall–Kier alpha value is -6.63. The van der Waals surface area contributed by atoms with Crippen molar-refractivity contribution in [2.24, 2.45) is 0 Å². The molecule has 0 aliphatic rings. The van der Waals surface area contributed by atoms with Gasteiger partial charge in [-0.3, -0.25) is 0 Å². The highest BCUT2D eigenvalue weighted by molar-refractivity contribution is 6.13. The smallest absolute Gasteiger partial charge is 0.0991 e. The Labute approximate surface area is 276 Å². The van der Waals surface area contributed by atoms with E-state index in [0.29, 0.717) is 5.56 Å². The second kappa shape index (κ2) is 10.2. The van der Waals surface area contributed by atoms with Gasteiger partial charge in [-0.15, -0.1) is 0 Å². The first-order chi connectivity index (χ1) is 23.7. The normalized spacial score (nSPS) is 11.7. The molecule has 0 aliphatic carbocycles. The van der Waals surface area contributed by atoms with Crippen molar-refractivity contribution < 1.29 is 0 Å². The number of rotatable bonds is 3. The summed E-state index contributed by atoms with van der Waals surface area (Å²) in [5.41, 5.74) is 10.2. The van der Waals surface area contributed by atoms with Gasteiger partial charge in [0.25, 0.3) is 0 Å². The van der Waals surface area contributed by atoms with Crippen LogP contribution in [0.5, 0.6) is 0 Å². The standard InChI is InChI=1S/C45H27N3/c46-28-29-14-20-36-32(24-29)15-16-33-25-35(19-21-37(33)36)48-43-13-7-5-11-39(43)41-27-31(18-23-45(41)48)30-17-22-44-40(26-30)38-10-4-6-12-42(38)47(44)34-8-2-1-3-9-34/h1-27H. The maximum atomic E-state index is 9.37. The van der Waals surface area contributed by atoms with E-state index in [1.807, 2.05) is 12.1 Å². The number of fused-ring (bicyclic) bond motifs is 9. The number of para-hydroxylation sites is 3. The van der Waals surface area contributed by atoms with E-state index in [4.69, 9.17) is 0 Å². The highest BCUT2D eigenvalue weighted by atomic mass is 15.0. The van der Waals surface area contributed by atoms with Crippen molar-refractivity contribution in [2.45, 2.75) is 0 Å². The number of nitriles is 1. The molecule has 3 heteroatoms. The number of nitrogens with zero attached hydrogens (tertiary/aromatic N) is 3. The molecule has 10 rings (SSSR count). The van der Waals surface area contributed by atoms with Gasteiger partial charge in [-0.25, -0.2) is 0 Å². The Balaban J connectivity index is 1.14. The summed E-state index contributed by atoms with van der Waals surface area (Å²) in [5, 5.41) is 19.0. The van der Waals surface area contributed by atoms with Crippen LogP contribution < -0.4 is 0 Å². The van der Waals surface area contributed by atoms with Crippen molar-refractivity contribution in [2.75, 3.05) is 0 Å². The average molecular weight is 610 g/mol. The first kappa shape index (κ1) is 26.6. The minimum absolute atomic E-state index is 0.682. The van der Waals surface area contributed by atoms with Crippen molar-refractivity contribution in [3.8, 4) is 28.6 Å². The number of aromatic nitrogens is 2. The third-order valence-corrected chi connectivity index (χ3v) is 9.90. The van der Waals surface area contributed by atoms with Crippen LogP contribution in [0.1, 0.15) is 5.56 Å². The van der Waals surface area contributed by atoms with Gasteiger partial charge in [0.15, 0.2) is 0 Å². The Morgan fingerprint density at radius 2 is 0.875 bits per heavy atom. The summed E-state index contributed by atoms with van der Waals surface area (Å²) in [4.78, 5) is 0. The van der Waals surface area contributed by atoms with Crippen molar-refractivity contribution in [1.29, 1.82) is 5.26 Å². The van der Waals surface area contributed by atoms with Gasteiger partial charge in [0, 0.05) is 32.9 Å². The van der Waals surface area contributed by atoms with Crippen LogP contribution in [0.3, 0.4) is 0 Å². The summed E-state index contributed by atoms with van der Waals surface area (Å²) in [6.45, 7) is 0. The molecule has 8 aromatic carbocycles. The second-order valence-corrected chi connectivity index (χ2v) is 12.5. The molecule has 10 aromatic rings. The molecule has 0 N–H and O–H groups in total. The predicted octanol–water partition coefficient (Wildman–Crippen LogP) is 11.7. The largest absolute Gasteiger partial charge is 0.309 e. The fourth-order valence-corrected chi connectivity index (χ4v) is 7.71. The molecule has 2 aromatic heterocycles. The molecule has 0 radical (unpaired) electrons. The summed E-state index contributed by atoms with van der Waals surface area (Å²) in [5.74, 6) is 0. The Morgan fingerprint density at radius 3 is 1.50 bits per heavy atom. The zero-order valence-corrected chi connectivity index (χ0v) is 25.9. The molecular weight excluding hydrogens is 583 g/mol. The minimum atomic E-state index is 0.682. The van der Waals surface area contributed by atoms with E-state index < -0.39 is 0 Å². The Kier molecular flexibility index (Phi) is 5.64. The van der Waals surface area contributed by atoms with Crippen molar-refractivity contribution in [1.82, 2.24) is 9.13 Å². The summed E-state index contributed by atoms with van der Waals surface area (Å²) in [7, 11) is 0. The van der Waals surface area contributed by atoms with Gasteiger partial charge in [0.1, 0.15) is 0 Å². The van der Waals surface area contributed by atoms with Crippen LogP contribution >= 0.6 is 0 Å². The first-order valence-electron chi connectivity index (χ1n) is 16.2. The summed E-state index contributed by atoms with van der Waals surface area (Å²) >= 11 is 0. The lowest BCUT2D eigenvalue weighted by Crippen LogP contribution is -1.94. The summed E-state index contributed by atoms with van der Waals surface area (Å²) in [6, 6.07) is 61.0. The maximum absolute atomic E-state index is 9.37. The molecule has 222 valence electrons. The molecular formula is C45H27N3. The van der Waals surface area contributed by atoms with Crippen LogP contribution in [0.4, 0.5) is 0 Å². The molecule has 0 atom stereocenters. The van der Waals surface area contributed by atoms with Crippen LogP contribution in [0.2, 0.25) is 0 Å². The van der Waals surface area contributed by atoms with Crippen LogP contribution in [0.25, 0.3) is 87.7 Å². The van der Waals surface area contributed by atoms with Crippen LogP contribution in [-0.4, -0.2) is 9.13 Å². The molecule has 3 nitrogen and oxygen atoms in total. The van der Waals surface area contributed by atoms with E-state index in [1.54, 1.807) is 0 Å². The third kappa shape index (κ3) is 3.87. The maximum Gasteiger partial charge on any atom is 0.0991 e. The number of benzene rings is 8. The van der Waals surface area contributed by atoms with Gasteiger partial charge in [-0.1, -0.05) is 91.0 Å². The van der Waals surface area contributed by atoms with Gasteiger partial charge < -0.3 is 9.13 Å². The lowest BCUT2D eigenvalue weighted by molar-refractivity contribution is 1.18. The summed E-state index contributed by atoms with van der Waals surface area (Å²) in [6.07, 6.45) is 0. The van der Waals surface area contributed by atoms with E-state index in [-0.39, 0.29) is 0 Å². The topological polar surface area (TPSA) is 33.6 Å². The van der Waals surface area contributed by atoms with Gasteiger partial charge >= 0.3 is 0 Å². The molecule has 0 amide bonds. The third-order valence-electron chi connectivity index (χ3n) is 9.90. The van der Waals surface area contributed by atoms with Crippen molar-refractivity contribution >= 4 is 65.2 Å². The van der Waals surface area contributed by atoms with Gasteiger partial charge in [0.2, 0.25) is 0 Å². The molecule has 0 bridgehead atoms. The molecule has 0 saturated carbocycles. The van der Waals surface area contributed by atoms with Crippen LogP contribution in [0.15, 0.2) is 164 Å². The highest BCUT2D eigenvalue weighted by Gasteiger charge is 2.16. The first-order valence-corrected chi connectivity index (χ1v) is 16.2. The molecule has 2 heterocycles. The van der Waals surface area contributed by atoms with Crippen molar-refractivity contribution in [3.63, 3.8) is 0 Å². The average Bonchev–Trinajstić information content (AvgIpc) is 3.67. The zero-order chi connectivity index (χ0) is 31.8. The van der Waals surface area contributed by atoms with Crippen LogP contribution in [0, 0.1) is 11.3 Å². The van der Waals surface area contributed by atoms with E-state index in [1.165, 1.54) is 71.2 Å². The van der Waals surface area contributed by atoms with Gasteiger partial charge in [-0.2, -0.15) is 5.26 Å². The zero-order valence-electron chi connectivity index (χ0n) is 25.9. The fraction of sp³-hybridized carbons (Fsp3) is 0.